The molecule has 0 saturated heterocycles. The van der Waals surface area contributed by atoms with Gasteiger partial charge in [0.05, 0.1) is 11.8 Å². The maximum atomic E-state index is 12.3. The van der Waals surface area contributed by atoms with Crippen LogP contribution in [-0.4, -0.2) is 51.2 Å². The van der Waals surface area contributed by atoms with Gasteiger partial charge >= 0.3 is 0 Å². The Morgan fingerprint density at radius 2 is 1.87 bits per heavy atom. The van der Waals surface area contributed by atoms with Crippen LogP contribution in [0.15, 0.2) is 60.8 Å². The van der Waals surface area contributed by atoms with E-state index in [1.807, 2.05) is 48.1 Å². The molecule has 1 amide bonds. The van der Waals surface area contributed by atoms with Gasteiger partial charge in [0.15, 0.2) is 0 Å². The molecule has 0 aliphatic carbocycles. The maximum Gasteiger partial charge on any atom is 0.220 e. The van der Waals surface area contributed by atoms with E-state index in [0.717, 1.165) is 36.6 Å². The Balaban J connectivity index is 1.21. The lowest BCUT2D eigenvalue weighted by Gasteiger charge is -2.30. The van der Waals surface area contributed by atoms with Gasteiger partial charge in [0.25, 0.3) is 0 Å². The second-order valence-electron chi connectivity index (χ2n) is 8.23. The molecule has 2 aromatic carbocycles. The molecule has 2 heterocycles. The van der Waals surface area contributed by atoms with Crippen LogP contribution in [0.3, 0.4) is 0 Å². The van der Waals surface area contributed by atoms with Crippen molar-refractivity contribution in [2.24, 2.45) is 7.05 Å². The van der Waals surface area contributed by atoms with Gasteiger partial charge in [-0.3, -0.25) is 9.69 Å². The summed E-state index contributed by atoms with van der Waals surface area (Å²) in [4.78, 5) is 19.2. The largest absolute Gasteiger partial charge is 0.390 e. The Hall–Kier alpha value is -2.96. The van der Waals surface area contributed by atoms with Crippen molar-refractivity contribution in [2.75, 3.05) is 19.6 Å². The van der Waals surface area contributed by atoms with Gasteiger partial charge in [-0.15, -0.1) is 0 Å². The van der Waals surface area contributed by atoms with Crippen molar-refractivity contribution in [3.63, 3.8) is 0 Å². The van der Waals surface area contributed by atoms with E-state index in [2.05, 4.69) is 39.5 Å². The molecule has 3 aromatic rings. The number of imidazole rings is 1. The topological polar surface area (TPSA) is 70.4 Å². The molecule has 0 spiro atoms. The van der Waals surface area contributed by atoms with Gasteiger partial charge in [-0.2, -0.15) is 0 Å². The molecule has 1 aliphatic rings. The molecule has 0 unspecified atom stereocenters. The number of hydrogen-bond donors (Lipinski definition) is 2. The van der Waals surface area contributed by atoms with Gasteiger partial charge < -0.3 is 15.0 Å². The third-order valence-electron chi connectivity index (χ3n) is 5.83. The number of aromatic nitrogens is 2. The molecule has 0 bridgehead atoms. The lowest BCUT2D eigenvalue weighted by molar-refractivity contribution is -0.121. The average molecular weight is 419 g/mol. The van der Waals surface area contributed by atoms with E-state index in [0.29, 0.717) is 19.4 Å². The zero-order valence-corrected chi connectivity index (χ0v) is 18.0. The highest BCUT2D eigenvalue weighted by molar-refractivity contribution is 5.76. The van der Waals surface area contributed by atoms with Gasteiger partial charge in [-0.1, -0.05) is 54.6 Å². The molecule has 6 heteroatoms. The van der Waals surface area contributed by atoms with Gasteiger partial charge in [0, 0.05) is 57.8 Å². The smallest absolute Gasteiger partial charge is 0.220 e. The summed E-state index contributed by atoms with van der Waals surface area (Å²) in [6, 6.07) is 18.5. The standard InChI is InChI=1S/C25H30N4O2/c1-28-18-23(20-8-3-2-4-9-20)27-24(28)11-12-25(31)26-15-22(30)17-29-14-13-19-7-5-6-10-21(19)16-29/h2-10,18,22,30H,11-17H2,1H3,(H,26,31)/t22-/m0/s1. The van der Waals surface area contributed by atoms with Crippen molar-refractivity contribution in [3.8, 4) is 11.3 Å². The minimum Gasteiger partial charge on any atom is -0.390 e. The number of nitrogens with zero attached hydrogens (tertiary/aromatic N) is 3. The summed E-state index contributed by atoms with van der Waals surface area (Å²) >= 11 is 0. The van der Waals surface area contributed by atoms with E-state index >= 15 is 0 Å². The molecule has 0 fully saturated rings. The van der Waals surface area contributed by atoms with Crippen LogP contribution in [0.4, 0.5) is 0 Å². The fourth-order valence-electron chi connectivity index (χ4n) is 4.10. The number of benzene rings is 2. The van der Waals surface area contributed by atoms with Crippen molar-refractivity contribution in [1.29, 1.82) is 0 Å². The summed E-state index contributed by atoms with van der Waals surface area (Å²) in [6.45, 7) is 2.62. The van der Waals surface area contributed by atoms with Crippen LogP contribution in [-0.2, 0) is 31.2 Å². The predicted octanol–water partition coefficient (Wildman–Crippen LogP) is 2.56. The van der Waals surface area contributed by atoms with E-state index in [1.54, 1.807) is 0 Å². The highest BCUT2D eigenvalue weighted by Gasteiger charge is 2.19. The number of β-amino-alcohol motifs (C(OH)–C–C–N with tert-alkyl or cyclic N) is 1. The highest BCUT2D eigenvalue weighted by atomic mass is 16.3. The van der Waals surface area contributed by atoms with Gasteiger partial charge in [-0.05, 0) is 17.5 Å². The number of aliphatic hydroxyl groups excluding tert-OH is 1. The SMILES string of the molecule is Cn1cc(-c2ccccc2)nc1CCC(=O)NC[C@H](O)CN1CCc2ccccc2C1. The second kappa shape index (κ2) is 9.90. The quantitative estimate of drug-likeness (QED) is 0.590. The lowest BCUT2D eigenvalue weighted by Crippen LogP contribution is -2.42. The fraction of sp³-hybridized carbons (Fsp3) is 0.360. The van der Waals surface area contributed by atoms with E-state index in [9.17, 15) is 9.90 Å². The number of aryl methyl sites for hydroxylation is 2. The number of amides is 1. The fourth-order valence-corrected chi connectivity index (χ4v) is 4.10. The maximum absolute atomic E-state index is 12.3. The minimum atomic E-state index is -0.577. The van der Waals surface area contributed by atoms with Crippen LogP contribution < -0.4 is 5.32 Å². The Labute approximate surface area is 183 Å². The Bertz CT molecular complexity index is 1020. The number of nitrogens with one attached hydrogen (secondary N) is 1. The first kappa shape index (κ1) is 21.3. The van der Waals surface area contributed by atoms with Crippen LogP contribution in [0.1, 0.15) is 23.4 Å². The van der Waals surface area contributed by atoms with Crippen molar-refractivity contribution in [1.82, 2.24) is 19.8 Å². The molecular formula is C25H30N4O2. The summed E-state index contributed by atoms with van der Waals surface area (Å²) < 4.78 is 1.97. The van der Waals surface area contributed by atoms with Crippen molar-refractivity contribution >= 4 is 5.91 Å². The lowest BCUT2D eigenvalue weighted by atomic mass is 10.00. The summed E-state index contributed by atoms with van der Waals surface area (Å²) in [5.41, 5.74) is 4.70. The van der Waals surface area contributed by atoms with Gasteiger partial charge in [0.2, 0.25) is 5.91 Å². The zero-order valence-electron chi connectivity index (χ0n) is 18.0. The van der Waals surface area contributed by atoms with Crippen LogP contribution in [0.25, 0.3) is 11.3 Å². The third kappa shape index (κ3) is 5.60. The highest BCUT2D eigenvalue weighted by Crippen LogP contribution is 2.19. The molecule has 1 aromatic heterocycles. The molecule has 162 valence electrons. The molecule has 6 nitrogen and oxygen atoms in total. The Morgan fingerprint density at radius 1 is 1.13 bits per heavy atom. The van der Waals surface area contributed by atoms with E-state index in [-0.39, 0.29) is 12.5 Å². The van der Waals surface area contributed by atoms with Crippen LogP contribution in [0, 0.1) is 0 Å². The van der Waals surface area contributed by atoms with Crippen LogP contribution >= 0.6 is 0 Å². The number of rotatable bonds is 8. The number of hydrogen-bond acceptors (Lipinski definition) is 4. The Morgan fingerprint density at radius 3 is 2.68 bits per heavy atom. The van der Waals surface area contributed by atoms with Gasteiger partial charge in [0.1, 0.15) is 5.82 Å². The van der Waals surface area contributed by atoms with Gasteiger partial charge in [-0.25, -0.2) is 4.98 Å². The molecule has 31 heavy (non-hydrogen) atoms. The first-order valence-corrected chi connectivity index (χ1v) is 10.9. The van der Waals surface area contributed by atoms with E-state index in [4.69, 9.17) is 0 Å². The minimum absolute atomic E-state index is 0.0627. The molecule has 1 atom stereocenters. The van der Waals surface area contributed by atoms with Crippen molar-refractivity contribution in [2.45, 2.75) is 31.9 Å². The zero-order chi connectivity index (χ0) is 21.6. The Kier molecular flexibility index (Phi) is 6.79. The second-order valence-corrected chi connectivity index (χ2v) is 8.23. The summed E-state index contributed by atoms with van der Waals surface area (Å²) in [5.74, 6) is 0.814. The van der Waals surface area contributed by atoms with E-state index < -0.39 is 6.10 Å². The number of fused-ring (bicyclic) bond motifs is 1. The molecule has 1 aliphatic heterocycles. The van der Waals surface area contributed by atoms with Crippen LogP contribution in [0.2, 0.25) is 0 Å². The van der Waals surface area contributed by atoms with Crippen molar-refractivity contribution in [3.05, 3.63) is 77.7 Å². The number of carbonyl (C=O) groups excluding carboxylic acids is 1. The van der Waals surface area contributed by atoms with Crippen LogP contribution in [0.5, 0.6) is 0 Å². The normalized spacial score (nSPS) is 14.8. The number of aliphatic hydroxyl groups is 1. The summed E-state index contributed by atoms with van der Waals surface area (Å²) in [5, 5.41) is 13.3. The predicted molar refractivity (Wildman–Crippen MR) is 121 cm³/mol. The average Bonchev–Trinajstić information content (AvgIpc) is 3.17. The summed E-state index contributed by atoms with van der Waals surface area (Å²) in [6.07, 6.45) is 3.33. The molecule has 2 N–H and O–H groups in total. The first-order valence-electron chi connectivity index (χ1n) is 10.9. The number of carbonyl (C=O) groups is 1. The first-order chi connectivity index (χ1) is 15.1. The molecule has 0 radical (unpaired) electrons. The van der Waals surface area contributed by atoms with E-state index in [1.165, 1.54) is 11.1 Å². The van der Waals surface area contributed by atoms with Crippen molar-refractivity contribution < 1.29 is 9.90 Å². The monoisotopic (exact) mass is 418 g/mol. The third-order valence-corrected chi connectivity index (χ3v) is 5.83. The molecule has 0 saturated carbocycles. The molecular weight excluding hydrogens is 388 g/mol. The summed E-state index contributed by atoms with van der Waals surface area (Å²) in [7, 11) is 1.95. The molecule has 4 rings (SSSR count).